The number of halogens is 11. The summed E-state index contributed by atoms with van der Waals surface area (Å²) >= 11 is 52.2. The van der Waals surface area contributed by atoms with Crippen molar-refractivity contribution in [2.24, 2.45) is 31.3 Å². The molecule has 0 aliphatic heterocycles. The third kappa shape index (κ3) is 18.8. The molecule has 0 heterocycles. The largest absolute Gasteiger partial charge is 0.487 e. The number of hydrogen-bond donors (Lipinski definition) is 7. The fourth-order valence-corrected chi connectivity index (χ4v) is 9.52. The first-order valence-corrected chi connectivity index (χ1v) is 29.6. The smallest absolute Gasteiger partial charge is 0.417 e. The Kier molecular flexibility index (Phi) is 25.0. The van der Waals surface area contributed by atoms with E-state index >= 15 is 0 Å². The summed E-state index contributed by atoms with van der Waals surface area (Å²) in [6, 6.07) is 44.4. The molecule has 0 atom stereocenters. The van der Waals surface area contributed by atoms with Crippen LogP contribution in [0.1, 0.15) is 50.1 Å². The van der Waals surface area contributed by atoms with Gasteiger partial charge < -0.3 is 18.9 Å². The normalized spacial score (nSPS) is 11.7. The standard InChI is InChI=1S/C61H49Cl8F3N16O4/c62-46-26-24-39(25-27-46)33-90-50-21-7-13-41(56(50)67)29-78-83-85(36-73)60(82-86(37-74)84-79-30-42-14-8-20-49(57(42)68)89-32-38-10-2-1-3-11-38)87(88(76)80-31-43-15-9-23-52(58(43)69)92-35-45-17-5-19-48(63)54(45)65)59(75)81-77-28-40-12-6-22-51(55(40)66)91-34-44-16-4-18-47(53(44)64)61(70,71)72/h1-31,36-37,73-74,83-84H,32-35,76H2,(H2,75,81)/b73-36?,74-37?,77-28+,78-29+,79-30?,80-31+,82-60+. The molecule has 0 unspecified atom stereocenters. The van der Waals surface area contributed by atoms with Crippen LogP contribution >= 0.6 is 92.8 Å². The number of hydrogen-bond acceptors (Lipinski definition) is 16. The van der Waals surface area contributed by atoms with E-state index in [-0.39, 0.29) is 68.1 Å². The number of hydrazine groups is 4. The Hall–Kier alpha value is -9.01. The molecule has 8 N–H and O–H groups in total. The molecule has 0 amide bonds. The highest BCUT2D eigenvalue weighted by Gasteiger charge is 2.34. The van der Waals surface area contributed by atoms with Crippen LogP contribution in [0.2, 0.25) is 40.2 Å². The summed E-state index contributed by atoms with van der Waals surface area (Å²) in [5.74, 6) is 6.31. The number of ether oxygens (including phenoxy) is 4. The number of alkyl halides is 3. The average Bonchev–Trinajstić information content (AvgIpc) is 1.14. The minimum absolute atomic E-state index is 0.0221. The van der Waals surface area contributed by atoms with Crippen LogP contribution in [0.3, 0.4) is 0 Å². The molecular weight excluding hydrogens is 1360 g/mol. The Bertz CT molecular complexity index is 4060. The maximum absolute atomic E-state index is 13.7. The Balaban J connectivity index is 1.14. The van der Waals surface area contributed by atoms with Crippen LogP contribution in [0.4, 0.5) is 13.2 Å². The topological polar surface area (TPSA) is 245 Å². The summed E-state index contributed by atoms with van der Waals surface area (Å²) in [6.45, 7) is -0.0387. The van der Waals surface area contributed by atoms with E-state index in [9.17, 15) is 18.6 Å². The maximum Gasteiger partial charge on any atom is 0.417 e. The first kappa shape index (κ1) is 68.9. The molecule has 31 heteroatoms. The number of hydrazone groups is 5. The van der Waals surface area contributed by atoms with Crippen molar-refractivity contribution >= 4 is 142 Å². The molecule has 0 saturated heterocycles. The third-order valence-corrected chi connectivity index (χ3v) is 15.6. The zero-order valence-electron chi connectivity index (χ0n) is 47.3. The van der Waals surface area contributed by atoms with Crippen LogP contribution in [0.5, 0.6) is 23.0 Å². The molecule has 0 aliphatic rings. The predicted octanol–water partition coefficient (Wildman–Crippen LogP) is 15.7. The summed E-state index contributed by atoms with van der Waals surface area (Å²) in [7, 11) is 0. The lowest BCUT2D eigenvalue weighted by atomic mass is 10.1. The van der Waals surface area contributed by atoms with E-state index in [1.54, 1.807) is 97.1 Å². The number of rotatable bonds is 26. The SMILES string of the molecule is N=CN(/N=C(\N(C=N)N/N=C/c1cccc(OCc2ccc(Cl)cc2)c1Cl)N(C(=N)N/N=C/c1cccc(OCc2cccc(C(F)(F)F)c2Cl)c1Cl)N(N)/N=C/c1cccc(OCc2cccc(Cl)c2Cl)c1Cl)NN=Cc1cccc(OCc2ccccc2)c1Cl. The van der Waals surface area contributed by atoms with Gasteiger partial charge in [-0.1, -0.05) is 208 Å². The van der Waals surface area contributed by atoms with Gasteiger partial charge in [0.25, 0.3) is 5.96 Å². The van der Waals surface area contributed by atoms with Gasteiger partial charge in [0.15, 0.2) is 0 Å². The van der Waals surface area contributed by atoms with Crippen LogP contribution in [0.25, 0.3) is 0 Å². The molecule has 0 spiro atoms. The summed E-state index contributed by atoms with van der Waals surface area (Å²) in [6.07, 6.45) is 1.66. The van der Waals surface area contributed by atoms with E-state index in [0.29, 0.717) is 61.2 Å². The van der Waals surface area contributed by atoms with Gasteiger partial charge in [-0.2, -0.15) is 44.0 Å². The Labute approximate surface area is 564 Å². The molecule has 92 heavy (non-hydrogen) atoms. The fourth-order valence-electron chi connectivity index (χ4n) is 7.81. The minimum atomic E-state index is -4.71. The van der Waals surface area contributed by atoms with Gasteiger partial charge in [0.05, 0.1) is 65.6 Å². The van der Waals surface area contributed by atoms with Gasteiger partial charge in [0, 0.05) is 38.4 Å². The van der Waals surface area contributed by atoms with E-state index in [0.717, 1.165) is 32.3 Å². The van der Waals surface area contributed by atoms with E-state index in [1.807, 2.05) is 30.3 Å². The minimum Gasteiger partial charge on any atom is -0.487 e. The first-order valence-electron chi connectivity index (χ1n) is 26.6. The number of guanidine groups is 2. The Morgan fingerprint density at radius 3 is 1.46 bits per heavy atom. The number of benzene rings is 8. The second kappa shape index (κ2) is 33.3. The first-order chi connectivity index (χ1) is 44.3. The summed E-state index contributed by atoms with van der Waals surface area (Å²) in [5, 5.41) is 52.4. The zero-order chi connectivity index (χ0) is 65.7. The van der Waals surface area contributed by atoms with Crippen LogP contribution in [-0.4, -0.2) is 69.8 Å². The summed E-state index contributed by atoms with van der Waals surface area (Å²) in [4.78, 5) is 0. The van der Waals surface area contributed by atoms with Crippen LogP contribution in [0.15, 0.2) is 189 Å². The molecule has 8 aromatic carbocycles. The number of nitrogens with two attached hydrogens (primary N) is 1. The van der Waals surface area contributed by atoms with Crippen molar-refractivity contribution in [2.75, 3.05) is 0 Å². The predicted molar refractivity (Wildman–Crippen MR) is 358 cm³/mol. The van der Waals surface area contributed by atoms with Gasteiger partial charge in [-0.3, -0.25) is 16.2 Å². The molecule has 0 saturated carbocycles. The van der Waals surface area contributed by atoms with Crippen molar-refractivity contribution in [3.63, 3.8) is 0 Å². The fraction of sp³-hybridized carbons (Fsp3) is 0.0820. The van der Waals surface area contributed by atoms with Gasteiger partial charge in [-0.05, 0) is 59.7 Å². The van der Waals surface area contributed by atoms with Crippen molar-refractivity contribution in [2.45, 2.75) is 32.6 Å². The lowest BCUT2D eigenvalue weighted by Crippen LogP contribution is -2.61. The summed E-state index contributed by atoms with van der Waals surface area (Å²) < 4.78 is 64.9. The van der Waals surface area contributed by atoms with Gasteiger partial charge in [0.1, 0.15) is 62.1 Å². The van der Waals surface area contributed by atoms with Crippen molar-refractivity contribution < 1.29 is 32.1 Å². The van der Waals surface area contributed by atoms with Crippen LogP contribution < -0.4 is 41.3 Å². The summed E-state index contributed by atoms with van der Waals surface area (Å²) in [5.41, 5.74) is 10.2. The monoisotopic (exact) mass is 1410 g/mol. The quantitative estimate of drug-likeness (QED) is 0.0116. The second-order valence-corrected chi connectivity index (χ2v) is 21.7. The van der Waals surface area contributed by atoms with Crippen molar-refractivity contribution in [3.8, 4) is 23.0 Å². The lowest BCUT2D eigenvalue weighted by Gasteiger charge is -2.33. The van der Waals surface area contributed by atoms with Gasteiger partial charge in [-0.15, -0.1) is 20.5 Å². The molecule has 474 valence electrons. The van der Waals surface area contributed by atoms with E-state index in [2.05, 4.69) is 42.0 Å². The molecule has 8 aromatic rings. The van der Waals surface area contributed by atoms with Gasteiger partial charge in [0.2, 0.25) is 5.96 Å². The van der Waals surface area contributed by atoms with Crippen LogP contribution in [0, 0.1) is 16.2 Å². The second-order valence-electron chi connectivity index (χ2n) is 18.6. The highest BCUT2D eigenvalue weighted by Crippen LogP contribution is 2.38. The highest BCUT2D eigenvalue weighted by atomic mass is 35.5. The molecular formula is C61H49Cl8F3N16O4. The number of nitrogens with zero attached hydrogens (tertiary/aromatic N) is 9. The van der Waals surface area contributed by atoms with E-state index in [4.69, 9.17) is 128 Å². The van der Waals surface area contributed by atoms with Crippen molar-refractivity contribution in [3.05, 3.63) is 254 Å². The molecule has 0 aliphatic carbocycles. The average molecular weight is 1410 g/mol. The van der Waals surface area contributed by atoms with Crippen molar-refractivity contribution in [1.82, 2.24) is 36.9 Å². The maximum atomic E-state index is 13.7. The van der Waals surface area contributed by atoms with Crippen LogP contribution in [-0.2, 0) is 32.6 Å². The molecule has 0 bridgehead atoms. The van der Waals surface area contributed by atoms with E-state index in [1.165, 1.54) is 55.2 Å². The van der Waals surface area contributed by atoms with Crippen molar-refractivity contribution in [1.29, 1.82) is 16.2 Å². The van der Waals surface area contributed by atoms with Gasteiger partial charge in [-0.25, -0.2) is 16.8 Å². The molecule has 0 aromatic heterocycles. The molecule has 20 nitrogen and oxygen atoms in total. The zero-order valence-corrected chi connectivity index (χ0v) is 53.3. The Morgan fingerprint density at radius 2 is 0.946 bits per heavy atom. The molecule has 8 rings (SSSR count). The Morgan fingerprint density at radius 1 is 0.489 bits per heavy atom. The molecule has 0 radical (unpaired) electrons. The highest BCUT2D eigenvalue weighted by molar-refractivity contribution is 6.42. The third-order valence-electron chi connectivity index (χ3n) is 12.4. The lowest BCUT2D eigenvalue weighted by molar-refractivity contribution is -0.137. The molecule has 0 fully saturated rings. The van der Waals surface area contributed by atoms with Gasteiger partial charge >= 0.3 is 6.18 Å². The number of nitrogens with one attached hydrogen (secondary N) is 6. The van der Waals surface area contributed by atoms with E-state index < -0.39 is 35.3 Å².